The summed E-state index contributed by atoms with van der Waals surface area (Å²) in [6.07, 6.45) is 0. The van der Waals surface area contributed by atoms with Crippen LogP contribution in [0.2, 0.25) is 0 Å². The third kappa shape index (κ3) is 2.30. The number of halogens is 1. The van der Waals surface area contributed by atoms with Crippen LogP contribution in [0.25, 0.3) is 0 Å². The zero-order chi connectivity index (χ0) is 11.5. The SMILES string of the molecule is CC(Cl)N1CCN(Cc2ccccc2)C1=O. The van der Waals surface area contributed by atoms with E-state index < -0.39 is 0 Å². The first kappa shape index (κ1) is 11.3. The summed E-state index contributed by atoms with van der Waals surface area (Å²) < 4.78 is 0. The third-order valence-corrected chi connectivity index (χ3v) is 3.01. The number of urea groups is 1. The number of benzene rings is 1. The summed E-state index contributed by atoms with van der Waals surface area (Å²) in [5.41, 5.74) is 0.924. The molecule has 4 heteroatoms. The van der Waals surface area contributed by atoms with Crippen LogP contribution in [0, 0.1) is 0 Å². The van der Waals surface area contributed by atoms with E-state index >= 15 is 0 Å². The Bertz CT molecular complexity index is 367. The van der Waals surface area contributed by atoms with Gasteiger partial charge in [-0.25, -0.2) is 4.79 Å². The van der Waals surface area contributed by atoms with E-state index in [1.54, 1.807) is 4.90 Å². The average Bonchev–Trinajstić information content (AvgIpc) is 2.62. The largest absolute Gasteiger partial charge is 0.321 e. The summed E-state index contributed by atoms with van der Waals surface area (Å²) in [4.78, 5) is 15.4. The molecule has 0 radical (unpaired) electrons. The molecule has 2 rings (SSSR count). The molecule has 1 unspecified atom stereocenters. The highest BCUT2D eigenvalue weighted by Gasteiger charge is 2.30. The standard InChI is InChI=1S/C12H15ClN2O/c1-10(13)15-8-7-14(12(15)16)9-11-5-3-2-4-6-11/h2-6,10H,7-9H2,1H3. The summed E-state index contributed by atoms with van der Waals surface area (Å²) in [6, 6.07) is 10.0. The maximum atomic E-state index is 11.9. The highest BCUT2D eigenvalue weighted by Crippen LogP contribution is 2.17. The molecular weight excluding hydrogens is 224 g/mol. The molecule has 1 aliphatic heterocycles. The molecule has 0 bridgehead atoms. The van der Waals surface area contributed by atoms with Crippen molar-refractivity contribution >= 4 is 17.6 Å². The van der Waals surface area contributed by atoms with Gasteiger partial charge in [-0.1, -0.05) is 41.9 Å². The molecule has 2 amide bonds. The van der Waals surface area contributed by atoms with Crippen LogP contribution >= 0.6 is 11.6 Å². The Morgan fingerprint density at radius 3 is 2.56 bits per heavy atom. The predicted molar refractivity (Wildman–Crippen MR) is 64.3 cm³/mol. The van der Waals surface area contributed by atoms with Crippen molar-refractivity contribution in [2.45, 2.75) is 19.0 Å². The second-order valence-electron chi connectivity index (χ2n) is 3.96. The summed E-state index contributed by atoms with van der Waals surface area (Å²) in [5, 5.41) is 0. The Morgan fingerprint density at radius 2 is 2.00 bits per heavy atom. The van der Waals surface area contributed by atoms with Crippen molar-refractivity contribution in [2.75, 3.05) is 13.1 Å². The van der Waals surface area contributed by atoms with Crippen LogP contribution in [0.1, 0.15) is 12.5 Å². The zero-order valence-corrected chi connectivity index (χ0v) is 10.0. The fourth-order valence-corrected chi connectivity index (χ4v) is 2.06. The van der Waals surface area contributed by atoms with E-state index in [9.17, 15) is 4.79 Å². The number of nitrogens with zero attached hydrogens (tertiary/aromatic N) is 2. The number of alkyl halides is 1. The van der Waals surface area contributed by atoms with Gasteiger partial charge in [0.2, 0.25) is 0 Å². The lowest BCUT2D eigenvalue weighted by atomic mass is 10.2. The van der Waals surface area contributed by atoms with Crippen LogP contribution in [-0.2, 0) is 6.54 Å². The lowest BCUT2D eigenvalue weighted by Crippen LogP contribution is -2.34. The molecule has 0 aromatic heterocycles. The summed E-state index contributed by atoms with van der Waals surface area (Å²) >= 11 is 5.93. The van der Waals surface area contributed by atoms with Crippen molar-refractivity contribution < 1.29 is 4.79 Å². The van der Waals surface area contributed by atoms with Crippen LogP contribution in [-0.4, -0.2) is 34.4 Å². The zero-order valence-electron chi connectivity index (χ0n) is 9.27. The molecule has 1 aliphatic rings. The van der Waals surface area contributed by atoms with Gasteiger partial charge in [0.1, 0.15) is 5.50 Å². The van der Waals surface area contributed by atoms with Gasteiger partial charge in [-0.3, -0.25) is 0 Å². The Balaban J connectivity index is 2.01. The van der Waals surface area contributed by atoms with Crippen molar-refractivity contribution in [1.29, 1.82) is 0 Å². The van der Waals surface area contributed by atoms with E-state index in [0.717, 1.165) is 18.7 Å². The average molecular weight is 239 g/mol. The normalized spacial score (nSPS) is 18.0. The Kier molecular flexibility index (Phi) is 3.34. The molecule has 1 atom stereocenters. The maximum Gasteiger partial charge on any atom is 0.321 e. The molecule has 86 valence electrons. The molecule has 0 aliphatic carbocycles. The molecule has 1 heterocycles. The monoisotopic (exact) mass is 238 g/mol. The van der Waals surface area contributed by atoms with Gasteiger partial charge in [0.25, 0.3) is 0 Å². The summed E-state index contributed by atoms with van der Waals surface area (Å²) in [5.74, 6) is 0. The minimum Gasteiger partial charge on any atom is -0.319 e. The highest BCUT2D eigenvalue weighted by atomic mass is 35.5. The van der Waals surface area contributed by atoms with E-state index in [4.69, 9.17) is 11.6 Å². The first-order chi connectivity index (χ1) is 7.68. The van der Waals surface area contributed by atoms with Crippen molar-refractivity contribution in [3.8, 4) is 0 Å². The van der Waals surface area contributed by atoms with Gasteiger partial charge in [-0.05, 0) is 12.5 Å². The second kappa shape index (κ2) is 4.74. The number of hydrogen-bond acceptors (Lipinski definition) is 1. The second-order valence-corrected chi connectivity index (χ2v) is 4.59. The molecule has 3 nitrogen and oxygen atoms in total. The van der Waals surface area contributed by atoms with E-state index in [-0.39, 0.29) is 11.5 Å². The fraction of sp³-hybridized carbons (Fsp3) is 0.417. The van der Waals surface area contributed by atoms with E-state index in [0.29, 0.717) is 6.54 Å². The van der Waals surface area contributed by atoms with Crippen molar-refractivity contribution in [1.82, 2.24) is 9.80 Å². The number of carbonyl (C=O) groups is 1. The molecule has 0 N–H and O–H groups in total. The number of carbonyl (C=O) groups excluding carboxylic acids is 1. The van der Waals surface area contributed by atoms with E-state index in [2.05, 4.69) is 0 Å². The van der Waals surface area contributed by atoms with Gasteiger partial charge in [0.15, 0.2) is 0 Å². The van der Waals surface area contributed by atoms with Crippen LogP contribution in [0.3, 0.4) is 0 Å². The maximum absolute atomic E-state index is 11.9. The van der Waals surface area contributed by atoms with Crippen LogP contribution in [0.15, 0.2) is 30.3 Å². The molecule has 0 spiro atoms. The molecule has 16 heavy (non-hydrogen) atoms. The molecule has 1 saturated heterocycles. The van der Waals surface area contributed by atoms with Gasteiger partial charge < -0.3 is 9.80 Å². The highest BCUT2D eigenvalue weighted by molar-refractivity contribution is 6.21. The minimum atomic E-state index is -0.228. The first-order valence-electron chi connectivity index (χ1n) is 5.42. The number of hydrogen-bond donors (Lipinski definition) is 0. The lowest BCUT2D eigenvalue weighted by Gasteiger charge is -2.20. The van der Waals surface area contributed by atoms with Crippen molar-refractivity contribution in [3.63, 3.8) is 0 Å². The van der Waals surface area contributed by atoms with Crippen molar-refractivity contribution in [3.05, 3.63) is 35.9 Å². The molecule has 0 saturated carbocycles. The fourth-order valence-electron chi connectivity index (χ4n) is 1.88. The topological polar surface area (TPSA) is 23.6 Å². The minimum absolute atomic E-state index is 0.0337. The van der Waals surface area contributed by atoms with Crippen LogP contribution < -0.4 is 0 Å². The summed E-state index contributed by atoms with van der Waals surface area (Å²) in [7, 11) is 0. The van der Waals surface area contributed by atoms with Gasteiger partial charge in [-0.2, -0.15) is 0 Å². The molecule has 1 aromatic rings. The number of amides is 2. The third-order valence-electron chi connectivity index (χ3n) is 2.77. The Labute approximate surface area is 101 Å². The van der Waals surface area contributed by atoms with Crippen LogP contribution in [0.4, 0.5) is 4.79 Å². The number of rotatable bonds is 3. The first-order valence-corrected chi connectivity index (χ1v) is 5.85. The van der Waals surface area contributed by atoms with E-state index in [1.807, 2.05) is 42.2 Å². The predicted octanol–water partition coefficient (Wildman–Crippen LogP) is 2.51. The van der Waals surface area contributed by atoms with Gasteiger partial charge >= 0.3 is 6.03 Å². The smallest absolute Gasteiger partial charge is 0.319 e. The molecular formula is C12H15ClN2O. The Hall–Kier alpha value is -1.22. The molecule has 1 fully saturated rings. The van der Waals surface area contributed by atoms with E-state index in [1.165, 1.54) is 0 Å². The summed E-state index contributed by atoms with van der Waals surface area (Å²) in [6.45, 7) is 3.96. The Morgan fingerprint density at radius 1 is 1.31 bits per heavy atom. The quantitative estimate of drug-likeness (QED) is 0.586. The van der Waals surface area contributed by atoms with Gasteiger partial charge in [-0.15, -0.1) is 0 Å². The lowest BCUT2D eigenvalue weighted by molar-refractivity contribution is 0.188. The van der Waals surface area contributed by atoms with Crippen LogP contribution in [0.5, 0.6) is 0 Å². The molecule has 1 aromatic carbocycles. The van der Waals surface area contributed by atoms with Crippen molar-refractivity contribution in [2.24, 2.45) is 0 Å². The van der Waals surface area contributed by atoms with Gasteiger partial charge in [0.05, 0.1) is 0 Å². The van der Waals surface area contributed by atoms with Gasteiger partial charge in [0, 0.05) is 19.6 Å².